The second-order valence-corrected chi connectivity index (χ2v) is 7.48. The number of likely N-dealkylation sites (N-methyl/N-ethyl adjacent to an activating group) is 1. The van der Waals surface area contributed by atoms with Gasteiger partial charge in [0.2, 0.25) is 5.91 Å². The minimum absolute atomic E-state index is 0.354. The van der Waals surface area contributed by atoms with Crippen molar-refractivity contribution in [2.24, 2.45) is 0 Å². The molecule has 0 fully saturated rings. The topological polar surface area (TPSA) is 83.6 Å². The fourth-order valence-corrected chi connectivity index (χ4v) is 3.96. The van der Waals surface area contributed by atoms with Gasteiger partial charge in [0.05, 0.1) is 10.6 Å². The van der Waals surface area contributed by atoms with Crippen LogP contribution >= 0.6 is 0 Å². The third-order valence-electron chi connectivity index (χ3n) is 3.93. The smallest absolute Gasteiger partial charge is 0.266 e. The van der Waals surface area contributed by atoms with Crippen LogP contribution in [0.25, 0.3) is 0 Å². The summed E-state index contributed by atoms with van der Waals surface area (Å²) in [6.45, 7) is 0. The van der Waals surface area contributed by atoms with E-state index in [1.165, 1.54) is 0 Å². The van der Waals surface area contributed by atoms with E-state index in [0.717, 1.165) is 37.4 Å². The molecule has 3 rings (SSSR count). The lowest BCUT2D eigenvalue weighted by atomic mass is 9.96. The quantitative estimate of drug-likeness (QED) is 0.803. The molecular weight excluding hydrogens is 373 g/mol. The first-order valence-corrected chi connectivity index (χ1v) is 8.65. The van der Waals surface area contributed by atoms with Gasteiger partial charge in [-0.1, -0.05) is 0 Å². The Morgan fingerprint density at radius 2 is 1.69 bits per heavy atom. The number of fused-ring (bicyclic) bond motifs is 1. The molecule has 1 aliphatic rings. The van der Waals surface area contributed by atoms with Gasteiger partial charge in [-0.15, -0.1) is 0 Å². The average molecular weight is 384 g/mol. The molecule has 1 heterocycles. The number of carbonyl (C=O) groups excluding carboxylic acids is 2. The summed E-state index contributed by atoms with van der Waals surface area (Å²) in [6, 6.07) is 4.97. The first kappa shape index (κ1) is 17.9. The second kappa shape index (κ2) is 6.13. The molecule has 0 spiro atoms. The van der Waals surface area contributed by atoms with Gasteiger partial charge in [0, 0.05) is 13.1 Å². The Morgan fingerprint density at radius 1 is 1.08 bits per heavy atom. The van der Waals surface area contributed by atoms with E-state index in [0.29, 0.717) is 10.4 Å². The van der Waals surface area contributed by atoms with Gasteiger partial charge in [0.15, 0.2) is 0 Å². The van der Waals surface area contributed by atoms with Crippen molar-refractivity contribution >= 4 is 27.5 Å². The maximum atomic E-state index is 13.7. The molecule has 0 radical (unpaired) electrons. The van der Waals surface area contributed by atoms with Gasteiger partial charge in [-0.3, -0.25) is 9.59 Å². The highest BCUT2D eigenvalue weighted by Crippen LogP contribution is 2.35. The van der Waals surface area contributed by atoms with Crippen LogP contribution in [0.3, 0.4) is 0 Å². The van der Waals surface area contributed by atoms with Gasteiger partial charge in [-0.2, -0.15) is 0 Å². The van der Waals surface area contributed by atoms with Crippen LogP contribution < -0.4 is 5.32 Å². The summed E-state index contributed by atoms with van der Waals surface area (Å²) >= 11 is 0. The zero-order chi connectivity index (χ0) is 19.2. The largest absolute Gasteiger partial charge is 0.323 e. The van der Waals surface area contributed by atoms with E-state index >= 15 is 0 Å². The van der Waals surface area contributed by atoms with E-state index in [4.69, 9.17) is 0 Å². The molecule has 0 aromatic heterocycles. The van der Waals surface area contributed by atoms with Crippen molar-refractivity contribution in [3.05, 3.63) is 59.4 Å². The maximum Gasteiger partial charge on any atom is 0.266 e. The number of halogens is 3. The predicted octanol–water partition coefficient (Wildman–Crippen LogP) is 1.99. The highest BCUT2D eigenvalue weighted by Gasteiger charge is 2.44. The standard InChI is InChI=1S/C16H11F3N2O4S/c1-21-16(23)14(10-6-8(17)3-5-13(10)26(21,24)25)15(22)20-12-4-2-9(18)7-11(12)19/h2-7,14H,1H3,(H,20,22). The number of hydrogen-bond donors (Lipinski definition) is 1. The molecule has 136 valence electrons. The Hall–Kier alpha value is -2.88. The lowest BCUT2D eigenvalue weighted by molar-refractivity contribution is -0.132. The number of benzene rings is 2. The van der Waals surface area contributed by atoms with E-state index in [-0.39, 0.29) is 5.56 Å². The Morgan fingerprint density at radius 3 is 2.35 bits per heavy atom. The number of hydrogen-bond acceptors (Lipinski definition) is 4. The van der Waals surface area contributed by atoms with Crippen molar-refractivity contribution in [3.8, 4) is 0 Å². The van der Waals surface area contributed by atoms with Gasteiger partial charge >= 0.3 is 0 Å². The molecule has 6 nitrogen and oxygen atoms in total. The average Bonchev–Trinajstić information content (AvgIpc) is 2.55. The van der Waals surface area contributed by atoms with Crippen molar-refractivity contribution in [1.82, 2.24) is 4.31 Å². The number of anilines is 1. The first-order chi connectivity index (χ1) is 12.1. The van der Waals surface area contributed by atoms with Crippen LogP contribution in [0.1, 0.15) is 11.5 Å². The number of amides is 2. The lowest BCUT2D eigenvalue weighted by Gasteiger charge is -2.30. The summed E-state index contributed by atoms with van der Waals surface area (Å²) in [6.07, 6.45) is 0. The zero-order valence-corrected chi connectivity index (χ0v) is 14.0. The number of carbonyl (C=O) groups is 2. The van der Waals surface area contributed by atoms with Crippen molar-refractivity contribution in [2.75, 3.05) is 12.4 Å². The maximum absolute atomic E-state index is 13.7. The molecule has 0 saturated carbocycles. The van der Waals surface area contributed by atoms with Gasteiger partial charge in [0.1, 0.15) is 23.4 Å². The van der Waals surface area contributed by atoms with Crippen LogP contribution in [0.5, 0.6) is 0 Å². The molecule has 26 heavy (non-hydrogen) atoms. The van der Waals surface area contributed by atoms with Gasteiger partial charge in [-0.05, 0) is 35.9 Å². The van der Waals surface area contributed by atoms with Crippen molar-refractivity contribution in [2.45, 2.75) is 10.8 Å². The number of rotatable bonds is 2. The Kier molecular flexibility index (Phi) is 4.23. The molecule has 2 aromatic carbocycles. The number of sulfonamides is 1. The molecular formula is C16H11F3N2O4S. The minimum atomic E-state index is -4.23. The van der Waals surface area contributed by atoms with E-state index in [2.05, 4.69) is 5.32 Å². The SMILES string of the molecule is CN1C(=O)C(C(=O)Nc2ccc(F)cc2F)c2cc(F)ccc2S1(=O)=O. The van der Waals surface area contributed by atoms with E-state index in [1.54, 1.807) is 0 Å². The fraction of sp³-hybridized carbons (Fsp3) is 0.125. The molecule has 0 bridgehead atoms. The molecule has 10 heteroatoms. The van der Waals surface area contributed by atoms with E-state index < -0.39 is 55.8 Å². The Balaban J connectivity index is 2.07. The molecule has 1 aliphatic heterocycles. The Labute approximate surface area is 146 Å². The Bertz CT molecular complexity index is 1040. The molecule has 1 unspecified atom stereocenters. The van der Waals surface area contributed by atoms with E-state index in [9.17, 15) is 31.2 Å². The highest BCUT2D eigenvalue weighted by atomic mass is 32.2. The third-order valence-corrected chi connectivity index (χ3v) is 5.76. The van der Waals surface area contributed by atoms with Crippen molar-refractivity contribution in [3.63, 3.8) is 0 Å². The number of nitrogens with one attached hydrogen (secondary N) is 1. The van der Waals surface area contributed by atoms with Gasteiger partial charge < -0.3 is 5.32 Å². The fourth-order valence-electron chi connectivity index (χ4n) is 2.61. The van der Waals surface area contributed by atoms with Crippen LogP contribution in [0.2, 0.25) is 0 Å². The van der Waals surface area contributed by atoms with Crippen LogP contribution in [0.4, 0.5) is 18.9 Å². The van der Waals surface area contributed by atoms with Crippen LogP contribution in [0, 0.1) is 17.5 Å². The first-order valence-electron chi connectivity index (χ1n) is 7.21. The summed E-state index contributed by atoms with van der Waals surface area (Å²) in [4.78, 5) is 24.5. The summed E-state index contributed by atoms with van der Waals surface area (Å²) in [5.41, 5.74) is -0.758. The molecule has 1 atom stereocenters. The molecule has 2 aromatic rings. The summed E-state index contributed by atoms with van der Waals surface area (Å²) in [7, 11) is -3.27. The third kappa shape index (κ3) is 2.81. The van der Waals surface area contributed by atoms with Gasteiger partial charge in [-0.25, -0.2) is 25.9 Å². The van der Waals surface area contributed by atoms with Crippen LogP contribution in [-0.2, 0) is 19.6 Å². The van der Waals surface area contributed by atoms with E-state index in [1.807, 2.05) is 0 Å². The molecule has 1 N–H and O–H groups in total. The van der Waals surface area contributed by atoms with Crippen LogP contribution in [0.15, 0.2) is 41.3 Å². The van der Waals surface area contributed by atoms with Crippen molar-refractivity contribution < 1.29 is 31.2 Å². The molecule has 0 saturated heterocycles. The monoisotopic (exact) mass is 384 g/mol. The lowest BCUT2D eigenvalue weighted by Crippen LogP contribution is -2.45. The van der Waals surface area contributed by atoms with Crippen LogP contribution in [-0.4, -0.2) is 31.6 Å². The predicted molar refractivity (Wildman–Crippen MR) is 84.1 cm³/mol. The van der Waals surface area contributed by atoms with Gasteiger partial charge in [0.25, 0.3) is 15.9 Å². The zero-order valence-electron chi connectivity index (χ0n) is 13.2. The minimum Gasteiger partial charge on any atom is -0.323 e. The normalized spacial score (nSPS) is 18.4. The summed E-state index contributed by atoms with van der Waals surface area (Å²) < 4.78 is 65.2. The summed E-state index contributed by atoms with van der Waals surface area (Å²) in [5.74, 6) is -6.70. The summed E-state index contributed by atoms with van der Waals surface area (Å²) in [5, 5.41) is 2.10. The highest BCUT2D eigenvalue weighted by molar-refractivity contribution is 7.89. The second-order valence-electron chi connectivity index (χ2n) is 5.54. The van der Waals surface area contributed by atoms with Crippen molar-refractivity contribution in [1.29, 1.82) is 0 Å². The molecule has 0 aliphatic carbocycles. The number of nitrogens with zero attached hydrogens (tertiary/aromatic N) is 1. The molecule has 2 amide bonds.